The molecule has 1 aliphatic rings. The molecule has 1 heterocycles. The van der Waals surface area contributed by atoms with Crippen molar-refractivity contribution in [2.24, 2.45) is 0 Å². The zero-order valence-corrected chi connectivity index (χ0v) is 19.2. The summed E-state index contributed by atoms with van der Waals surface area (Å²) in [6.45, 7) is 10.8. The number of carbonyl (C=O) groups is 2. The van der Waals surface area contributed by atoms with Crippen LogP contribution in [0.1, 0.15) is 41.4 Å². The van der Waals surface area contributed by atoms with Crippen molar-refractivity contribution in [3.8, 4) is 5.75 Å². The Morgan fingerprint density at radius 1 is 1.16 bits per heavy atom. The number of piperazine rings is 1. The molecule has 0 spiro atoms. The fraction of sp³-hybridized carbons (Fsp3) is 0.385. The minimum absolute atomic E-state index is 0.0173. The molecule has 0 saturated carbocycles. The Balaban J connectivity index is 1.76. The minimum Gasteiger partial charge on any atom is -0.484 e. The van der Waals surface area contributed by atoms with Crippen molar-refractivity contribution in [2.75, 3.05) is 33.2 Å². The van der Waals surface area contributed by atoms with Crippen LogP contribution in [-0.2, 0) is 11.2 Å². The van der Waals surface area contributed by atoms with Gasteiger partial charge in [0, 0.05) is 44.8 Å². The molecule has 0 aliphatic carbocycles. The van der Waals surface area contributed by atoms with E-state index in [9.17, 15) is 9.59 Å². The molecule has 1 fully saturated rings. The van der Waals surface area contributed by atoms with Gasteiger partial charge in [0.05, 0.1) is 0 Å². The summed E-state index contributed by atoms with van der Waals surface area (Å²) in [6.07, 6.45) is 2.21. The molecular weight excluding hydrogens is 402 g/mol. The van der Waals surface area contributed by atoms with E-state index in [1.807, 2.05) is 17.0 Å². The lowest BCUT2D eigenvalue weighted by Crippen LogP contribution is -2.54. The lowest BCUT2D eigenvalue weighted by molar-refractivity contribution is -0.130. The Bertz CT molecular complexity index is 924. The largest absolute Gasteiger partial charge is 0.484 e. The monoisotopic (exact) mass is 435 g/mol. The van der Waals surface area contributed by atoms with Crippen LogP contribution in [0.15, 0.2) is 61.2 Å². The number of nitrogens with one attached hydrogen (secondary N) is 1. The van der Waals surface area contributed by atoms with Gasteiger partial charge in [-0.25, -0.2) is 0 Å². The number of hydrogen-bond acceptors (Lipinski definition) is 4. The Labute approximate surface area is 190 Å². The maximum Gasteiger partial charge on any atom is 0.251 e. The number of benzene rings is 2. The molecule has 1 saturated heterocycles. The molecule has 2 aromatic rings. The average Bonchev–Trinajstić information content (AvgIpc) is 2.83. The molecule has 170 valence electrons. The highest BCUT2D eigenvalue weighted by Crippen LogP contribution is 2.25. The predicted molar refractivity (Wildman–Crippen MR) is 127 cm³/mol. The standard InChI is InChI=1S/C26H33N3O3/c1-5-20-7-9-21(10-8-20)24(32-23-13-11-22(12-14-23)26(31)27-4)18-28-15-16-29(19(3)17-28)25(30)6-2/h6-14,19,24H,2,5,15-18H2,1,3-4H3,(H,27,31)/t19-,24-/m1/s1. The predicted octanol–water partition coefficient (Wildman–Crippen LogP) is 3.45. The van der Waals surface area contributed by atoms with Gasteiger partial charge in [-0.3, -0.25) is 14.5 Å². The first-order chi connectivity index (χ1) is 15.4. The van der Waals surface area contributed by atoms with Crippen LogP contribution < -0.4 is 10.1 Å². The van der Waals surface area contributed by atoms with Crippen LogP contribution >= 0.6 is 0 Å². The van der Waals surface area contributed by atoms with Crippen LogP contribution in [0.3, 0.4) is 0 Å². The number of aryl methyl sites for hydroxylation is 1. The van der Waals surface area contributed by atoms with Gasteiger partial charge >= 0.3 is 0 Å². The Kier molecular flexibility index (Phi) is 8.06. The van der Waals surface area contributed by atoms with Gasteiger partial charge in [0.25, 0.3) is 5.91 Å². The number of carbonyl (C=O) groups excluding carboxylic acids is 2. The van der Waals surface area contributed by atoms with Crippen molar-refractivity contribution in [1.82, 2.24) is 15.1 Å². The van der Waals surface area contributed by atoms with Crippen LogP contribution in [0.5, 0.6) is 5.75 Å². The minimum atomic E-state index is -0.166. The molecule has 3 rings (SSSR count). The summed E-state index contributed by atoms with van der Waals surface area (Å²) in [4.78, 5) is 28.1. The second kappa shape index (κ2) is 11.0. The molecule has 32 heavy (non-hydrogen) atoms. The van der Waals surface area contributed by atoms with Crippen molar-refractivity contribution in [3.63, 3.8) is 0 Å². The number of amides is 2. The van der Waals surface area contributed by atoms with Gasteiger partial charge in [-0.2, -0.15) is 0 Å². The van der Waals surface area contributed by atoms with E-state index in [2.05, 4.69) is 54.9 Å². The molecular formula is C26H33N3O3. The van der Waals surface area contributed by atoms with Gasteiger partial charge in [-0.1, -0.05) is 37.8 Å². The summed E-state index contributed by atoms with van der Waals surface area (Å²) in [5, 5.41) is 2.63. The maximum atomic E-state index is 12.1. The summed E-state index contributed by atoms with van der Waals surface area (Å²) in [6, 6.07) is 15.9. The highest BCUT2D eigenvalue weighted by molar-refractivity contribution is 5.94. The molecule has 6 heteroatoms. The molecule has 0 aromatic heterocycles. The third kappa shape index (κ3) is 5.77. The molecule has 1 aliphatic heterocycles. The number of nitrogens with zero attached hydrogens (tertiary/aromatic N) is 2. The van der Waals surface area contributed by atoms with Crippen molar-refractivity contribution < 1.29 is 14.3 Å². The highest BCUT2D eigenvalue weighted by Gasteiger charge is 2.28. The van der Waals surface area contributed by atoms with Gasteiger partial charge in [0.2, 0.25) is 5.91 Å². The summed E-state index contributed by atoms with van der Waals surface area (Å²) in [7, 11) is 1.62. The fourth-order valence-corrected chi connectivity index (χ4v) is 4.05. The fourth-order valence-electron chi connectivity index (χ4n) is 4.05. The third-order valence-corrected chi connectivity index (χ3v) is 5.97. The Morgan fingerprint density at radius 2 is 1.84 bits per heavy atom. The first-order valence-corrected chi connectivity index (χ1v) is 11.2. The van der Waals surface area contributed by atoms with Gasteiger partial charge in [0.15, 0.2) is 0 Å². The second-order valence-electron chi connectivity index (χ2n) is 8.15. The smallest absolute Gasteiger partial charge is 0.251 e. The number of rotatable bonds is 8. The molecule has 0 unspecified atom stereocenters. The Hall–Kier alpha value is -3.12. The summed E-state index contributed by atoms with van der Waals surface area (Å²) in [5.41, 5.74) is 2.99. The maximum absolute atomic E-state index is 12.1. The highest BCUT2D eigenvalue weighted by atomic mass is 16.5. The summed E-state index contributed by atoms with van der Waals surface area (Å²) >= 11 is 0. The van der Waals surface area contributed by atoms with Crippen molar-refractivity contribution in [2.45, 2.75) is 32.4 Å². The van der Waals surface area contributed by atoms with Crippen LogP contribution in [0.4, 0.5) is 0 Å². The quantitative estimate of drug-likeness (QED) is 0.645. The van der Waals surface area contributed by atoms with E-state index in [0.717, 1.165) is 30.8 Å². The van der Waals surface area contributed by atoms with Gasteiger partial charge in [0.1, 0.15) is 11.9 Å². The van der Waals surface area contributed by atoms with Gasteiger partial charge < -0.3 is 15.0 Å². The van der Waals surface area contributed by atoms with Crippen LogP contribution in [-0.4, -0.2) is 60.9 Å². The third-order valence-electron chi connectivity index (χ3n) is 5.97. The molecule has 2 atom stereocenters. The molecule has 6 nitrogen and oxygen atoms in total. The van der Waals surface area contributed by atoms with E-state index in [4.69, 9.17) is 4.74 Å². The van der Waals surface area contributed by atoms with Crippen molar-refractivity contribution >= 4 is 11.8 Å². The van der Waals surface area contributed by atoms with Gasteiger partial charge in [-0.05, 0) is 54.8 Å². The van der Waals surface area contributed by atoms with E-state index >= 15 is 0 Å². The topological polar surface area (TPSA) is 61.9 Å². The van der Waals surface area contributed by atoms with E-state index in [1.54, 1.807) is 19.2 Å². The van der Waals surface area contributed by atoms with E-state index in [1.165, 1.54) is 11.6 Å². The molecule has 1 N–H and O–H groups in total. The average molecular weight is 436 g/mol. The first kappa shape index (κ1) is 23.5. The molecule has 2 aromatic carbocycles. The first-order valence-electron chi connectivity index (χ1n) is 11.2. The Morgan fingerprint density at radius 3 is 2.41 bits per heavy atom. The lowest BCUT2D eigenvalue weighted by atomic mass is 10.0. The normalized spacial score (nSPS) is 17.5. The van der Waals surface area contributed by atoms with Crippen molar-refractivity contribution in [1.29, 1.82) is 0 Å². The lowest BCUT2D eigenvalue weighted by Gasteiger charge is -2.40. The van der Waals surface area contributed by atoms with Crippen LogP contribution in [0.25, 0.3) is 0 Å². The van der Waals surface area contributed by atoms with Crippen LogP contribution in [0.2, 0.25) is 0 Å². The second-order valence-corrected chi connectivity index (χ2v) is 8.15. The van der Waals surface area contributed by atoms with Crippen molar-refractivity contribution in [3.05, 3.63) is 77.9 Å². The summed E-state index contributed by atoms with van der Waals surface area (Å²) in [5.74, 6) is 0.580. The SMILES string of the molecule is C=CC(=O)N1CCN(C[C@@H](Oc2ccc(C(=O)NC)cc2)c2ccc(CC)cc2)C[C@H]1C. The molecule has 0 radical (unpaired) electrons. The van der Waals surface area contributed by atoms with Crippen LogP contribution in [0, 0.1) is 0 Å². The van der Waals surface area contributed by atoms with E-state index < -0.39 is 0 Å². The zero-order valence-electron chi connectivity index (χ0n) is 19.2. The van der Waals surface area contributed by atoms with E-state index in [0.29, 0.717) is 18.7 Å². The summed E-state index contributed by atoms with van der Waals surface area (Å²) < 4.78 is 6.41. The molecule has 2 amide bonds. The van der Waals surface area contributed by atoms with E-state index in [-0.39, 0.29) is 24.0 Å². The molecule has 0 bridgehead atoms. The number of ether oxygens (including phenoxy) is 1. The number of hydrogen-bond donors (Lipinski definition) is 1. The zero-order chi connectivity index (χ0) is 23.1. The van der Waals surface area contributed by atoms with Gasteiger partial charge in [-0.15, -0.1) is 0 Å².